The van der Waals surface area contributed by atoms with Crippen LogP contribution in [0.2, 0.25) is 0 Å². The zero-order valence-electron chi connectivity index (χ0n) is 11.3. The molecule has 0 aromatic rings. The fraction of sp³-hybridized carbons (Fsp3) is 1.00. The molecule has 1 saturated carbocycles. The molecule has 2 bridgehead atoms. The lowest BCUT2D eigenvalue weighted by Gasteiger charge is -2.62. The van der Waals surface area contributed by atoms with Crippen LogP contribution in [0.15, 0.2) is 0 Å². The summed E-state index contributed by atoms with van der Waals surface area (Å²) < 4.78 is 0. The second kappa shape index (κ2) is 3.23. The van der Waals surface area contributed by atoms with Gasteiger partial charge in [-0.2, -0.15) is 0 Å². The summed E-state index contributed by atoms with van der Waals surface area (Å²) in [6, 6.07) is 1.76. The lowest BCUT2D eigenvalue weighted by Crippen LogP contribution is -2.67. The van der Waals surface area contributed by atoms with Crippen molar-refractivity contribution in [2.75, 3.05) is 0 Å². The first kappa shape index (κ1) is 11.4. The second-order valence-electron chi connectivity index (χ2n) is 7.66. The lowest BCUT2D eigenvalue weighted by atomic mass is 9.63. The molecule has 0 N–H and O–H groups in total. The molecule has 1 nitrogen and oxygen atoms in total. The Labute approximate surface area is 95.2 Å². The van der Waals surface area contributed by atoms with E-state index >= 15 is 0 Å². The Bertz CT molecular complexity index is 231. The molecule has 3 aliphatic rings. The lowest BCUT2D eigenvalue weighted by molar-refractivity contribution is -0.123. The molecule has 1 aliphatic carbocycles. The van der Waals surface area contributed by atoms with Crippen LogP contribution < -0.4 is 0 Å². The van der Waals surface area contributed by atoms with Gasteiger partial charge in [0.25, 0.3) is 0 Å². The minimum atomic E-state index is 0.385. The van der Waals surface area contributed by atoms with Crippen molar-refractivity contribution >= 4 is 0 Å². The summed E-state index contributed by atoms with van der Waals surface area (Å²) >= 11 is 0. The summed E-state index contributed by atoms with van der Waals surface area (Å²) in [5, 5.41) is 0. The van der Waals surface area contributed by atoms with Crippen LogP contribution in [0.4, 0.5) is 0 Å². The van der Waals surface area contributed by atoms with Gasteiger partial charge in [0.1, 0.15) is 0 Å². The van der Waals surface area contributed by atoms with Gasteiger partial charge in [0.15, 0.2) is 0 Å². The molecule has 2 heterocycles. The van der Waals surface area contributed by atoms with Crippen LogP contribution in [0.3, 0.4) is 0 Å². The Hall–Kier alpha value is -0.0400. The Morgan fingerprint density at radius 2 is 1.27 bits per heavy atom. The van der Waals surface area contributed by atoms with Gasteiger partial charge in [0, 0.05) is 17.6 Å². The van der Waals surface area contributed by atoms with E-state index in [2.05, 4.69) is 46.4 Å². The molecule has 0 aromatic heterocycles. The summed E-state index contributed by atoms with van der Waals surface area (Å²) in [6.07, 6.45) is 4.32. The number of hydrogen-bond acceptors (Lipinski definition) is 1. The van der Waals surface area contributed by atoms with E-state index in [1.54, 1.807) is 0 Å². The highest BCUT2D eigenvalue weighted by molar-refractivity contribution is 5.05. The van der Waals surface area contributed by atoms with Crippen LogP contribution >= 0.6 is 0 Å². The smallest absolute Gasteiger partial charge is 0.0130 e. The molecule has 3 fully saturated rings. The maximum atomic E-state index is 2.76. The molecule has 0 aromatic carbocycles. The van der Waals surface area contributed by atoms with Gasteiger partial charge < -0.3 is 0 Å². The van der Waals surface area contributed by atoms with Crippen molar-refractivity contribution in [1.29, 1.82) is 0 Å². The normalized spacial score (nSPS) is 37.6. The number of hydrogen-bond donors (Lipinski definition) is 0. The molecule has 2 aliphatic heterocycles. The molecule has 0 spiro atoms. The SMILES string of the molecule is CC(C)(C)C1C[C@@H]2C[C@H](C1)N2C(C)(C)C. The summed E-state index contributed by atoms with van der Waals surface area (Å²) in [4.78, 5) is 2.76. The number of fused-ring (bicyclic) bond motifs is 2. The van der Waals surface area contributed by atoms with Crippen LogP contribution in [-0.4, -0.2) is 22.5 Å². The average Bonchev–Trinajstić information content (AvgIpc) is 1.99. The van der Waals surface area contributed by atoms with Gasteiger partial charge in [-0.25, -0.2) is 0 Å². The van der Waals surface area contributed by atoms with Gasteiger partial charge in [-0.15, -0.1) is 0 Å². The number of piperidine rings is 1. The average molecular weight is 209 g/mol. The first-order valence-corrected chi connectivity index (χ1v) is 6.48. The van der Waals surface area contributed by atoms with Crippen LogP contribution in [0.25, 0.3) is 0 Å². The maximum absolute atomic E-state index is 2.76. The highest BCUT2D eigenvalue weighted by Crippen LogP contribution is 2.49. The Morgan fingerprint density at radius 1 is 0.800 bits per heavy atom. The van der Waals surface area contributed by atoms with Crippen molar-refractivity contribution in [1.82, 2.24) is 4.90 Å². The Balaban J connectivity index is 2.03. The molecule has 3 atom stereocenters. The van der Waals surface area contributed by atoms with Crippen LogP contribution in [0.1, 0.15) is 60.8 Å². The van der Waals surface area contributed by atoms with E-state index in [4.69, 9.17) is 0 Å². The van der Waals surface area contributed by atoms with Crippen molar-refractivity contribution < 1.29 is 0 Å². The first-order chi connectivity index (χ1) is 6.69. The Morgan fingerprint density at radius 3 is 1.60 bits per heavy atom. The van der Waals surface area contributed by atoms with Gasteiger partial charge in [0.05, 0.1) is 0 Å². The predicted octanol–water partition coefficient (Wildman–Crippen LogP) is 3.68. The van der Waals surface area contributed by atoms with Crippen LogP contribution in [0, 0.1) is 11.3 Å². The van der Waals surface area contributed by atoms with Crippen molar-refractivity contribution in [3.63, 3.8) is 0 Å². The molecule has 1 heteroatoms. The summed E-state index contributed by atoms with van der Waals surface area (Å²) in [7, 11) is 0. The van der Waals surface area contributed by atoms with Gasteiger partial charge in [-0.3, -0.25) is 4.90 Å². The largest absolute Gasteiger partial charge is 0.292 e. The third-order valence-electron chi connectivity index (χ3n) is 4.44. The fourth-order valence-corrected chi connectivity index (χ4v) is 3.68. The third-order valence-corrected chi connectivity index (χ3v) is 4.44. The second-order valence-corrected chi connectivity index (χ2v) is 7.66. The van der Waals surface area contributed by atoms with E-state index in [9.17, 15) is 0 Å². The molecule has 0 radical (unpaired) electrons. The molecule has 3 rings (SSSR count). The van der Waals surface area contributed by atoms with Gasteiger partial charge in [-0.1, -0.05) is 20.8 Å². The summed E-state index contributed by atoms with van der Waals surface area (Å²) in [5.41, 5.74) is 0.900. The molecular weight excluding hydrogens is 182 g/mol. The van der Waals surface area contributed by atoms with E-state index in [-0.39, 0.29) is 0 Å². The van der Waals surface area contributed by atoms with E-state index in [1.165, 1.54) is 19.3 Å². The molecule has 15 heavy (non-hydrogen) atoms. The molecule has 2 saturated heterocycles. The maximum Gasteiger partial charge on any atom is 0.0130 e. The quantitative estimate of drug-likeness (QED) is 0.588. The first-order valence-electron chi connectivity index (χ1n) is 6.48. The van der Waals surface area contributed by atoms with Crippen molar-refractivity contribution in [3.05, 3.63) is 0 Å². The molecule has 0 amide bonds. The predicted molar refractivity (Wildman–Crippen MR) is 66.0 cm³/mol. The summed E-state index contributed by atoms with van der Waals surface area (Å²) in [5.74, 6) is 0.944. The zero-order valence-corrected chi connectivity index (χ0v) is 11.3. The van der Waals surface area contributed by atoms with Crippen LogP contribution in [-0.2, 0) is 0 Å². The van der Waals surface area contributed by atoms with E-state index in [0.29, 0.717) is 11.0 Å². The minimum Gasteiger partial charge on any atom is -0.292 e. The van der Waals surface area contributed by atoms with E-state index in [0.717, 1.165) is 18.0 Å². The molecular formula is C14H27N. The highest BCUT2D eigenvalue weighted by atomic mass is 15.3. The zero-order chi connectivity index (χ0) is 11.4. The van der Waals surface area contributed by atoms with Crippen molar-refractivity contribution in [3.8, 4) is 0 Å². The van der Waals surface area contributed by atoms with Gasteiger partial charge in [0.2, 0.25) is 0 Å². The van der Waals surface area contributed by atoms with Crippen molar-refractivity contribution in [2.45, 2.75) is 78.4 Å². The highest BCUT2D eigenvalue weighted by Gasteiger charge is 2.51. The van der Waals surface area contributed by atoms with Gasteiger partial charge in [-0.05, 0) is 51.4 Å². The molecule has 1 unspecified atom stereocenters. The monoisotopic (exact) mass is 209 g/mol. The van der Waals surface area contributed by atoms with E-state index in [1.807, 2.05) is 0 Å². The fourth-order valence-electron chi connectivity index (χ4n) is 3.68. The van der Waals surface area contributed by atoms with Gasteiger partial charge >= 0.3 is 0 Å². The summed E-state index contributed by atoms with van der Waals surface area (Å²) in [6.45, 7) is 14.3. The number of nitrogens with zero attached hydrogens (tertiary/aromatic N) is 1. The minimum absolute atomic E-state index is 0.385. The van der Waals surface area contributed by atoms with Crippen LogP contribution in [0.5, 0.6) is 0 Å². The Kier molecular flexibility index (Phi) is 2.46. The number of rotatable bonds is 0. The topological polar surface area (TPSA) is 3.24 Å². The third kappa shape index (κ3) is 1.95. The van der Waals surface area contributed by atoms with Crippen molar-refractivity contribution in [2.24, 2.45) is 11.3 Å². The standard InChI is InChI=1S/C14H27N/c1-13(2,3)10-7-11-9-12(8-10)15(11)14(4,5)6/h10-12H,7-9H2,1-6H3/t10?,11-,12+. The van der Waals surface area contributed by atoms with E-state index < -0.39 is 0 Å². The molecule has 88 valence electrons.